The van der Waals surface area contributed by atoms with Crippen LogP contribution in [0.4, 0.5) is 5.69 Å². The van der Waals surface area contributed by atoms with Gasteiger partial charge in [-0.05, 0) is 48.9 Å². The molecule has 0 aromatic heterocycles. The van der Waals surface area contributed by atoms with Crippen LogP contribution in [0, 0.1) is 11.8 Å². The fourth-order valence-corrected chi connectivity index (χ4v) is 1.98. The number of hydrogen-bond acceptors (Lipinski definition) is 2. The van der Waals surface area contributed by atoms with Gasteiger partial charge in [-0.3, -0.25) is 0 Å². The Labute approximate surface area is 85.1 Å². The van der Waals surface area contributed by atoms with Gasteiger partial charge in [-0.15, -0.1) is 0 Å². The largest absolute Gasteiger partial charge is 0.493 e. The van der Waals surface area contributed by atoms with E-state index in [-0.39, 0.29) is 0 Å². The first kappa shape index (κ1) is 9.38. The van der Waals surface area contributed by atoms with E-state index in [9.17, 15) is 0 Å². The molecule has 2 N–H and O–H groups in total. The smallest absolute Gasteiger partial charge is 0.119 e. The maximum absolute atomic E-state index is 5.66. The van der Waals surface area contributed by atoms with E-state index >= 15 is 0 Å². The zero-order chi connectivity index (χ0) is 9.97. The number of nitrogens with two attached hydrogens (primary N) is 1. The Balaban J connectivity index is 1.78. The second-order valence-electron chi connectivity index (χ2n) is 4.32. The minimum absolute atomic E-state index is 0.766. The van der Waals surface area contributed by atoms with Crippen LogP contribution in [0.5, 0.6) is 5.75 Å². The van der Waals surface area contributed by atoms with Gasteiger partial charge in [0.25, 0.3) is 0 Å². The van der Waals surface area contributed by atoms with Gasteiger partial charge in [0.1, 0.15) is 5.75 Å². The van der Waals surface area contributed by atoms with Gasteiger partial charge in [-0.1, -0.05) is 6.92 Å². The van der Waals surface area contributed by atoms with Gasteiger partial charge in [0.2, 0.25) is 0 Å². The molecule has 0 amide bonds. The van der Waals surface area contributed by atoms with Crippen LogP contribution in [0.25, 0.3) is 0 Å². The van der Waals surface area contributed by atoms with E-state index in [0.717, 1.165) is 29.9 Å². The molecular weight excluding hydrogens is 174 g/mol. The van der Waals surface area contributed by atoms with Crippen molar-refractivity contribution in [1.29, 1.82) is 0 Å². The molecule has 1 aliphatic rings. The van der Waals surface area contributed by atoms with Gasteiger partial charge in [0.15, 0.2) is 0 Å². The molecule has 76 valence electrons. The van der Waals surface area contributed by atoms with E-state index in [1.54, 1.807) is 0 Å². The first-order valence-electron chi connectivity index (χ1n) is 5.22. The summed E-state index contributed by atoms with van der Waals surface area (Å²) in [4.78, 5) is 0. The first-order valence-corrected chi connectivity index (χ1v) is 5.22. The molecule has 0 unspecified atom stereocenters. The predicted octanol–water partition coefficient (Wildman–Crippen LogP) is 2.69. The SMILES string of the molecule is CC1CC(COc2ccc(N)cc2)C1. The van der Waals surface area contributed by atoms with Gasteiger partial charge in [0.05, 0.1) is 6.61 Å². The summed E-state index contributed by atoms with van der Waals surface area (Å²) in [6.45, 7) is 3.15. The van der Waals surface area contributed by atoms with Crippen molar-refractivity contribution in [1.82, 2.24) is 0 Å². The summed E-state index contributed by atoms with van der Waals surface area (Å²) in [6.07, 6.45) is 2.63. The minimum Gasteiger partial charge on any atom is -0.493 e. The number of ether oxygens (including phenoxy) is 1. The molecular formula is C12H17NO. The lowest BCUT2D eigenvalue weighted by Crippen LogP contribution is -2.26. The van der Waals surface area contributed by atoms with Crippen LogP contribution in [0.3, 0.4) is 0 Å². The Bertz CT molecular complexity index is 288. The lowest BCUT2D eigenvalue weighted by molar-refractivity contribution is 0.131. The van der Waals surface area contributed by atoms with E-state index in [0.29, 0.717) is 0 Å². The molecule has 0 spiro atoms. The van der Waals surface area contributed by atoms with Crippen molar-refractivity contribution in [3.63, 3.8) is 0 Å². The van der Waals surface area contributed by atoms with E-state index < -0.39 is 0 Å². The third kappa shape index (κ3) is 2.19. The number of hydrogen-bond donors (Lipinski definition) is 1. The molecule has 1 aromatic rings. The topological polar surface area (TPSA) is 35.2 Å². The highest BCUT2D eigenvalue weighted by Gasteiger charge is 2.25. The normalized spacial score (nSPS) is 25.5. The number of nitrogen functional groups attached to an aromatic ring is 1. The van der Waals surface area contributed by atoms with E-state index in [1.807, 2.05) is 24.3 Å². The Morgan fingerprint density at radius 3 is 2.50 bits per heavy atom. The fourth-order valence-electron chi connectivity index (χ4n) is 1.98. The Morgan fingerprint density at radius 1 is 1.29 bits per heavy atom. The highest BCUT2D eigenvalue weighted by molar-refractivity contribution is 5.41. The third-order valence-corrected chi connectivity index (χ3v) is 2.84. The number of benzene rings is 1. The van der Waals surface area contributed by atoms with Crippen LogP contribution in [0.1, 0.15) is 19.8 Å². The van der Waals surface area contributed by atoms with Crippen molar-refractivity contribution >= 4 is 5.69 Å². The van der Waals surface area contributed by atoms with Gasteiger partial charge < -0.3 is 10.5 Å². The molecule has 0 heterocycles. The Hall–Kier alpha value is -1.18. The molecule has 1 aliphatic carbocycles. The van der Waals surface area contributed by atoms with Crippen LogP contribution >= 0.6 is 0 Å². The molecule has 0 bridgehead atoms. The lowest BCUT2D eigenvalue weighted by Gasteiger charge is -2.32. The lowest BCUT2D eigenvalue weighted by atomic mass is 9.77. The van der Waals surface area contributed by atoms with Crippen molar-refractivity contribution in [2.75, 3.05) is 12.3 Å². The van der Waals surface area contributed by atoms with Crippen molar-refractivity contribution < 1.29 is 4.74 Å². The zero-order valence-corrected chi connectivity index (χ0v) is 8.57. The second kappa shape index (κ2) is 3.91. The molecule has 0 saturated heterocycles. The van der Waals surface area contributed by atoms with Crippen molar-refractivity contribution in [3.05, 3.63) is 24.3 Å². The summed E-state index contributed by atoms with van der Waals surface area (Å²) in [5.74, 6) is 2.59. The highest BCUT2D eigenvalue weighted by atomic mass is 16.5. The quantitative estimate of drug-likeness (QED) is 0.745. The number of rotatable bonds is 3. The standard InChI is InChI=1S/C12H17NO/c1-9-6-10(7-9)8-14-12-4-2-11(13)3-5-12/h2-5,9-10H,6-8,13H2,1H3. The molecule has 1 aromatic carbocycles. The summed E-state index contributed by atoms with van der Waals surface area (Å²) in [7, 11) is 0. The average molecular weight is 191 g/mol. The van der Waals surface area contributed by atoms with E-state index in [1.165, 1.54) is 12.8 Å². The maximum Gasteiger partial charge on any atom is 0.119 e. The summed E-state index contributed by atoms with van der Waals surface area (Å²) in [5.41, 5.74) is 6.37. The molecule has 2 rings (SSSR count). The molecule has 0 atom stereocenters. The fraction of sp³-hybridized carbons (Fsp3) is 0.500. The first-order chi connectivity index (χ1) is 6.74. The average Bonchev–Trinajstić information content (AvgIpc) is 2.13. The van der Waals surface area contributed by atoms with Gasteiger partial charge in [-0.2, -0.15) is 0 Å². The minimum atomic E-state index is 0.766. The van der Waals surface area contributed by atoms with Crippen molar-refractivity contribution in [2.24, 2.45) is 11.8 Å². The van der Waals surface area contributed by atoms with Crippen molar-refractivity contribution in [3.8, 4) is 5.75 Å². The monoisotopic (exact) mass is 191 g/mol. The van der Waals surface area contributed by atoms with Crippen LogP contribution in [0.2, 0.25) is 0 Å². The summed E-state index contributed by atoms with van der Waals surface area (Å²) in [6, 6.07) is 7.60. The summed E-state index contributed by atoms with van der Waals surface area (Å²) in [5, 5.41) is 0. The molecule has 14 heavy (non-hydrogen) atoms. The predicted molar refractivity (Wildman–Crippen MR) is 58.2 cm³/mol. The zero-order valence-electron chi connectivity index (χ0n) is 8.57. The molecule has 1 fully saturated rings. The molecule has 1 saturated carbocycles. The number of anilines is 1. The van der Waals surface area contributed by atoms with Crippen LogP contribution in [0.15, 0.2) is 24.3 Å². The summed E-state index contributed by atoms with van der Waals surface area (Å²) < 4.78 is 5.66. The maximum atomic E-state index is 5.66. The molecule has 0 radical (unpaired) electrons. The van der Waals surface area contributed by atoms with Crippen LogP contribution in [-0.4, -0.2) is 6.61 Å². The molecule has 2 nitrogen and oxygen atoms in total. The van der Waals surface area contributed by atoms with E-state index in [4.69, 9.17) is 10.5 Å². The van der Waals surface area contributed by atoms with Crippen LogP contribution in [-0.2, 0) is 0 Å². The van der Waals surface area contributed by atoms with E-state index in [2.05, 4.69) is 6.92 Å². The van der Waals surface area contributed by atoms with Gasteiger partial charge in [0, 0.05) is 5.69 Å². The van der Waals surface area contributed by atoms with Gasteiger partial charge >= 0.3 is 0 Å². The Morgan fingerprint density at radius 2 is 1.93 bits per heavy atom. The highest BCUT2D eigenvalue weighted by Crippen LogP contribution is 2.33. The van der Waals surface area contributed by atoms with Gasteiger partial charge in [-0.25, -0.2) is 0 Å². The molecule has 2 heteroatoms. The Kier molecular flexibility index (Phi) is 2.62. The second-order valence-corrected chi connectivity index (χ2v) is 4.32. The molecule has 0 aliphatic heterocycles. The summed E-state index contributed by atoms with van der Waals surface area (Å²) >= 11 is 0. The van der Waals surface area contributed by atoms with Crippen LogP contribution < -0.4 is 10.5 Å². The third-order valence-electron chi connectivity index (χ3n) is 2.84. The van der Waals surface area contributed by atoms with Crippen molar-refractivity contribution in [2.45, 2.75) is 19.8 Å².